The van der Waals surface area contributed by atoms with E-state index in [4.69, 9.17) is 4.74 Å². The normalized spacial score (nSPS) is 11.6. The molecule has 0 radical (unpaired) electrons. The maximum Gasteiger partial charge on any atom is 0.240 e. The van der Waals surface area contributed by atoms with Gasteiger partial charge in [-0.15, -0.1) is 0 Å². The van der Waals surface area contributed by atoms with E-state index < -0.39 is 15.8 Å². The first-order chi connectivity index (χ1) is 11.5. The summed E-state index contributed by atoms with van der Waals surface area (Å²) in [5.41, 5.74) is 0.813. The molecule has 0 bridgehead atoms. The van der Waals surface area contributed by atoms with Gasteiger partial charge in [0.2, 0.25) is 10.0 Å². The molecule has 3 rings (SSSR count). The van der Waals surface area contributed by atoms with Crippen molar-refractivity contribution >= 4 is 20.8 Å². The molecule has 3 aromatic carbocycles. The summed E-state index contributed by atoms with van der Waals surface area (Å²) in [5, 5.41) is 1.99. The summed E-state index contributed by atoms with van der Waals surface area (Å²) in [7, 11) is -2.15. The van der Waals surface area contributed by atoms with Gasteiger partial charge in [0.15, 0.2) is 0 Å². The first kappa shape index (κ1) is 16.4. The van der Waals surface area contributed by atoms with E-state index in [0.717, 1.165) is 28.2 Å². The molecule has 0 fully saturated rings. The largest absolute Gasteiger partial charge is 0.497 e. The molecule has 4 nitrogen and oxygen atoms in total. The molecule has 3 aromatic rings. The van der Waals surface area contributed by atoms with Crippen LogP contribution >= 0.6 is 0 Å². The minimum atomic E-state index is -3.75. The number of ether oxygens (including phenoxy) is 1. The highest BCUT2D eigenvalue weighted by Crippen LogP contribution is 2.22. The van der Waals surface area contributed by atoms with Crippen LogP contribution in [-0.2, 0) is 16.6 Å². The maximum absolute atomic E-state index is 13.2. The SMILES string of the molecule is COc1ccc2cc(CNS(=O)(=O)c3cccc(F)c3)ccc2c1. The summed E-state index contributed by atoms with van der Waals surface area (Å²) >= 11 is 0. The molecule has 0 saturated heterocycles. The zero-order chi connectivity index (χ0) is 17.2. The van der Waals surface area contributed by atoms with Crippen LogP contribution in [0.5, 0.6) is 5.75 Å². The number of fused-ring (bicyclic) bond motifs is 1. The Morgan fingerprint density at radius 1 is 1.00 bits per heavy atom. The lowest BCUT2D eigenvalue weighted by atomic mass is 10.1. The van der Waals surface area contributed by atoms with Crippen LogP contribution in [0.15, 0.2) is 65.6 Å². The molecule has 0 amide bonds. The van der Waals surface area contributed by atoms with Crippen molar-refractivity contribution in [3.63, 3.8) is 0 Å². The first-order valence-electron chi connectivity index (χ1n) is 7.30. The molecule has 0 aromatic heterocycles. The van der Waals surface area contributed by atoms with Crippen molar-refractivity contribution in [3.8, 4) is 5.75 Å². The van der Waals surface area contributed by atoms with Gasteiger partial charge in [0.25, 0.3) is 0 Å². The highest BCUT2D eigenvalue weighted by molar-refractivity contribution is 7.89. The lowest BCUT2D eigenvalue weighted by molar-refractivity contribution is 0.415. The van der Waals surface area contributed by atoms with Crippen molar-refractivity contribution in [1.82, 2.24) is 4.72 Å². The van der Waals surface area contributed by atoms with E-state index in [1.54, 1.807) is 7.11 Å². The van der Waals surface area contributed by atoms with Crippen molar-refractivity contribution in [2.75, 3.05) is 7.11 Å². The van der Waals surface area contributed by atoms with Gasteiger partial charge in [0.1, 0.15) is 11.6 Å². The van der Waals surface area contributed by atoms with Crippen molar-refractivity contribution < 1.29 is 17.5 Å². The molecule has 6 heteroatoms. The van der Waals surface area contributed by atoms with Gasteiger partial charge in [0, 0.05) is 6.54 Å². The lowest BCUT2D eigenvalue weighted by Gasteiger charge is -2.08. The van der Waals surface area contributed by atoms with E-state index >= 15 is 0 Å². The van der Waals surface area contributed by atoms with Crippen LogP contribution in [0.4, 0.5) is 4.39 Å². The third kappa shape index (κ3) is 3.55. The fourth-order valence-electron chi connectivity index (χ4n) is 2.41. The quantitative estimate of drug-likeness (QED) is 0.770. The Labute approximate surface area is 139 Å². The summed E-state index contributed by atoms with van der Waals surface area (Å²) in [5.74, 6) is 0.180. The number of halogens is 1. The predicted octanol–water partition coefficient (Wildman–Crippen LogP) is 3.47. The predicted molar refractivity (Wildman–Crippen MR) is 90.9 cm³/mol. The Bertz CT molecular complexity index is 986. The van der Waals surface area contributed by atoms with Gasteiger partial charge in [-0.3, -0.25) is 0 Å². The van der Waals surface area contributed by atoms with Gasteiger partial charge in [0.05, 0.1) is 12.0 Å². The van der Waals surface area contributed by atoms with Crippen molar-refractivity contribution in [1.29, 1.82) is 0 Å². The number of nitrogens with one attached hydrogen (secondary N) is 1. The fraction of sp³-hybridized carbons (Fsp3) is 0.111. The summed E-state index contributed by atoms with van der Waals surface area (Å²) in [6.07, 6.45) is 0. The van der Waals surface area contributed by atoms with Crippen LogP contribution in [0, 0.1) is 5.82 Å². The second-order valence-electron chi connectivity index (χ2n) is 5.33. The van der Waals surface area contributed by atoms with Crippen LogP contribution in [0.1, 0.15) is 5.56 Å². The number of hydrogen-bond donors (Lipinski definition) is 1. The fourth-order valence-corrected chi connectivity index (χ4v) is 3.45. The Morgan fingerprint density at radius 3 is 2.50 bits per heavy atom. The van der Waals surface area contributed by atoms with Gasteiger partial charge < -0.3 is 4.74 Å². The van der Waals surface area contributed by atoms with Gasteiger partial charge >= 0.3 is 0 Å². The molecule has 1 N–H and O–H groups in total. The molecule has 0 unspecified atom stereocenters. The third-order valence-electron chi connectivity index (χ3n) is 3.68. The Morgan fingerprint density at radius 2 is 1.75 bits per heavy atom. The summed E-state index contributed by atoms with van der Waals surface area (Å²) in [4.78, 5) is -0.0898. The average Bonchev–Trinajstić information content (AvgIpc) is 2.59. The molecule has 124 valence electrons. The van der Waals surface area contributed by atoms with Gasteiger partial charge in [-0.05, 0) is 52.7 Å². The topological polar surface area (TPSA) is 55.4 Å². The van der Waals surface area contributed by atoms with Crippen molar-refractivity contribution in [2.45, 2.75) is 11.4 Å². The number of benzene rings is 3. The maximum atomic E-state index is 13.2. The standard InChI is InChI=1S/C18H16FNO3S/c1-23-17-8-7-14-9-13(5-6-15(14)10-17)12-20-24(21,22)18-4-2-3-16(19)11-18/h2-11,20H,12H2,1H3. The lowest BCUT2D eigenvalue weighted by Crippen LogP contribution is -2.23. The minimum Gasteiger partial charge on any atom is -0.497 e. The van der Waals surface area contributed by atoms with Gasteiger partial charge in [-0.2, -0.15) is 0 Å². The molecule has 24 heavy (non-hydrogen) atoms. The monoisotopic (exact) mass is 345 g/mol. The second-order valence-corrected chi connectivity index (χ2v) is 7.10. The van der Waals surface area contributed by atoms with Crippen LogP contribution < -0.4 is 9.46 Å². The minimum absolute atomic E-state index is 0.0898. The number of rotatable bonds is 5. The molecule has 0 aliphatic rings. The van der Waals surface area contributed by atoms with E-state index in [2.05, 4.69) is 4.72 Å². The second kappa shape index (κ2) is 6.59. The van der Waals surface area contributed by atoms with Crippen molar-refractivity contribution in [3.05, 3.63) is 72.0 Å². The van der Waals surface area contributed by atoms with Gasteiger partial charge in [-0.25, -0.2) is 17.5 Å². The molecule has 0 atom stereocenters. The molecule has 0 spiro atoms. The van der Waals surface area contributed by atoms with E-state index in [0.29, 0.717) is 0 Å². The molecular formula is C18H16FNO3S. The van der Waals surface area contributed by atoms with Crippen LogP contribution in [0.3, 0.4) is 0 Å². The first-order valence-corrected chi connectivity index (χ1v) is 8.78. The highest BCUT2D eigenvalue weighted by Gasteiger charge is 2.14. The number of methoxy groups -OCH3 is 1. The van der Waals surface area contributed by atoms with Crippen LogP contribution in [0.25, 0.3) is 10.8 Å². The molecule has 0 saturated carbocycles. The van der Waals surface area contributed by atoms with E-state index in [9.17, 15) is 12.8 Å². The van der Waals surface area contributed by atoms with Gasteiger partial charge in [-0.1, -0.05) is 24.3 Å². The van der Waals surface area contributed by atoms with Crippen LogP contribution in [0.2, 0.25) is 0 Å². The average molecular weight is 345 g/mol. The summed E-state index contributed by atoms with van der Waals surface area (Å²) in [6, 6.07) is 16.3. The molecule has 0 aliphatic heterocycles. The van der Waals surface area contributed by atoms with E-state index in [1.807, 2.05) is 36.4 Å². The van der Waals surface area contributed by atoms with E-state index in [-0.39, 0.29) is 11.4 Å². The molecule has 0 aliphatic carbocycles. The van der Waals surface area contributed by atoms with Crippen molar-refractivity contribution in [2.24, 2.45) is 0 Å². The zero-order valence-corrected chi connectivity index (χ0v) is 13.8. The van der Waals surface area contributed by atoms with Crippen LogP contribution in [-0.4, -0.2) is 15.5 Å². The number of hydrogen-bond acceptors (Lipinski definition) is 3. The molecular weight excluding hydrogens is 329 g/mol. The molecule has 0 heterocycles. The number of sulfonamides is 1. The summed E-state index contributed by atoms with van der Waals surface area (Å²) < 4.78 is 45.3. The Balaban J connectivity index is 1.80. The summed E-state index contributed by atoms with van der Waals surface area (Å²) in [6.45, 7) is 0.126. The smallest absolute Gasteiger partial charge is 0.240 e. The van der Waals surface area contributed by atoms with E-state index in [1.165, 1.54) is 18.2 Å². The Hall–Kier alpha value is -2.44. The third-order valence-corrected chi connectivity index (χ3v) is 5.08. The zero-order valence-electron chi connectivity index (χ0n) is 13.0. The highest BCUT2D eigenvalue weighted by atomic mass is 32.2. The Kier molecular flexibility index (Phi) is 4.51.